The lowest BCUT2D eigenvalue weighted by Crippen LogP contribution is -2.28. The predicted octanol–water partition coefficient (Wildman–Crippen LogP) is 4.55. The van der Waals surface area contributed by atoms with Crippen molar-refractivity contribution in [1.82, 2.24) is 15.2 Å². The van der Waals surface area contributed by atoms with Crippen molar-refractivity contribution in [3.05, 3.63) is 64.8 Å². The van der Waals surface area contributed by atoms with Crippen LogP contribution in [0.3, 0.4) is 0 Å². The summed E-state index contributed by atoms with van der Waals surface area (Å²) in [7, 11) is 1.60. The van der Waals surface area contributed by atoms with Crippen LogP contribution in [-0.4, -0.2) is 42.5 Å². The molecule has 0 saturated carbocycles. The van der Waals surface area contributed by atoms with Gasteiger partial charge in [-0.1, -0.05) is 41.6 Å². The molecule has 3 rings (SSSR count). The van der Waals surface area contributed by atoms with E-state index in [0.717, 1.165) is 45.0 Å². The molecule has 2 amide bonds. The number of carbonyl (C=O) groups is 3. The number of rotatable bonds is 11. The van der Waals surface area contributed by atoms with Gasteiger partial charge in [0, 0.05) is 40.6 Å². The lowest BCUT2D eigenvalue weighted by molar-refractivity contribution is -0.121. The molecule has 186 valence electrons. The van der Waals surface area contributed by atoms with E-state index in [0.29, 0.717) is 30.8 Å². The number of ether oxygens (including phenoxy) is 1. The van der Waals surface area contributed by atoms with E-state index in [1.807, 2.05) is 56.3 Å². The van der Waals surface area contributed by atoms with Crippen LogP contribution in [0.5, 0.6) is 5.75 Å². The molecule has 0 aliphatic heterocycles. The number of aromatic nitrogens is 1. The minimum absolute atomic E-state index is 0.0341. The van der Waals surface area contributed by atoms with Crippen LogP contribution >= 0.6 is 22.6 Å². The van der Waals surface area contributed by atoms with E-state index in [1.165, 1.54) is 0 Å². The van der Waals surface area contributed by atoms with Gasteiger partial charge >= 0.3 is 0 Å². The number of fused-ring (bicyclic) bond motifs is 1. The van der Waals surface area contributed by atoms with Crippen LogP contribution in [0.1, 0.15) is 53.4 Å². The first kappa shape index (κ1) is 26.7. The molecule has 0 aliphatic carbocycles. The number of alkyl halides is 1. The smallest absolute Gasteiger partial charge is 0.262 e. The Morgan fingerprint density at radius 2 is 1.63 bits per heavy atom. The largest absolute Gasteiger partial charge is 0.497 e. The fourth-order valence-corrected chi connectivity index (χ4v) is 4.50. The van der Waals surface area contributed by atoms with E-state index in [-0.39, 0.29) is 24.1 Å². The molecule has 1 heterocycles. The summed E-state index contributed by atoms with van der Waals surface area (Å²) in [6, 6.07) is 13.2. The molecule has 0 aliphatic rings. The summed E-state index contributed by atoms with van der Waals surface area (Å²) in [4.78, 5) is 37.5. The summed E-state index contributed by atoms with van der Waals surface area (Å²) in [6.07, 6.45) is 2.21. The average molecular weight is 589 g/mol. The van der Waals surface area contributed by atoms with Crippen LogP contribution in [0.15, 0.2) is 42.5 Å². The van der Waals surface area contributed by atoms with Gasteiger partial charge < -0.3 is 15.4 Å². The third-order valence-electron chi connectivity index (χ3n) is 6.01. The number of amides is 2. The molecule has 0 radical (unpaired) electrons. The van der Waals surface area contributed by atoms with Gasteiger partial charge in [0.05, 0.1) is 19.0 Å². The summed E-state index contributed by atoms with van der Waals surface area (Å²) in [5.74, 6) is 0.473. The second-order valence-corrected chi connectivity index (χ2v) is 9.12. The van der Waals surface area contributed by atoms with Gasteiger partial charge in [0.15, 0.2) is 0 Å². The Balaban J connectivity index is 1.79. The molecule has 0 unspecified atom stereocenters. The monoisotopic (exact) mass is 589 g/mol. The molecule has 7 nitrogen and oxygen atoms in total. The number of hydrogen-bond acceptors (Lipinski definition) is 4. The van der Waals surface area contributed by atoms with E-state index < -0.39 is 0 Å². The van der Waals surface area contributed by atoms with Gasteiger partial charge in [-0.2, -0.15) is 0 Å². The van der Waals surface area contributed by atoms with Gasteiger partial charge in [-0.05, 0) is 61.2 Å². The van der Waals surface area contributed by atoms with Gasteiger partial charge in [-0.25, -0.2) is 0 Å². The summed E-state index contributed by atoms with van der Waals surface area (Å²) in [5.41, 5.74) is 4.06. The standard InChI is InChI=1S/C27H32IN3O4/c1-4-25(32)29-13-5-6-14-30-26(33)16-22-18(2)31(24-12-11-21(35-3)15-23(22)24)27(34)20-9-7-19(17-28)8-10-20/h7-12,15H,4-6,13-14,16-17H2,1-3H3,(H,29,32)(H,30,33). The van der Waals surface area contributed by atoms with E-state index in [1.54, 1.807) is 11.7 Å². The SMILES string of the molecule is CCC(=O)NCCCCNC(=O)Cc1c(C)n(C(=O)c2ccc(CI)cc2)c2ccc(OC)cc12. The maximum atomic E-state index is 13.5. The van der Waals surface area contributed by atoms with Crippen molar-refractivity contribution in [2.75, 3.05) is 20.2 Å². The van der Waals surface area contributed by atoms with Crippen molar-refractivity contribution >= 4 is 51.2 Å². The number of nitrogens with one attached hydrogen (secondary N) is 2. The molecule has 0 saturated heterocycles. The Bertz CT molecular complexity index is 1200. The second-order valence-electron chi connectivity index (χ2n) is 8.36. The first-order chi connectivity index (χ1) is 16.9. The summed E-state index contributed by atoms with van der Waals surface area (Å²) in [6.45, 7) is 4.84. The summed E-state index contributed by atoms with van der Waals surface area (Å²) >= 11 is 2.30. The molecular weight excluding hydrogens is 557 g/mol. The van der Waals surface area contributed by atoms with Crippen molar-refractivity contribution in [3.8, 4) is 5.75 Å². The zero-order valence-corrected chi connectivity index (χ0v) is 22.6. The molecule has 0 spiro atoms. The number of carbonyl (C=O) groups excluding carboxylic acids is 3. The number of methoxy groups -OCH3 is 1. The van der Waals surface area contributed by atoms with Crippen molar-refractivity contribution in [3.63, 3.8) is 0 Å². The highest BCUT2D eigenvalue weighted by Gasteiger charge is 2.22. The minimum Gasteiger partial charge on any atom is -0.497 e. The molecule has 0 bridgehead atoms. The lowest BCUT2D eigenvalue weighted by atomic mass is 10.1. The highest BCUT2D eigenvalue weighted by molar-refractivity contribution is 14.1. The molecule has 1 aromatic heterocycles. The molecule has 8 heteroatoms. The first-order valence-electron chi connectivity index (χ1n) is 11.8. The van der Waals surface area contributed by atoms with E-state index in [4.69, 9.17) is 4.74 Å². The zero-order chi connectivity index (χ0) is 25.4. The fraction of sp³-hybridized carbons (Fsp3) is 0.370. The van der Waals surface area contributed by atoms with Crippen LogP contribution in [0.4, 0.5) is 0 Å². The molecule has 0 atom stereocenters. The van der Waals surface area contributed by atoms with Crippen molar-refractivity contribution in [1.29, 1.82) is 0 Å². The van der Waals surface area contributed by atoms with Gasteiger partial charge in [-0.15, -0.1) is 0 Å². The number of benzene rings is 2. The van der Waals surface area contributed by atoms with Crippen LogP contribution < -0.4 is 15.4 Å². The normalized spacial score (nSPS) is 10.9. The maximum absolute atomic E-state index is 13.5. The maximum Gasteiger partial charge on any atom is 0.262 e. The van der Waals surface area contributed by atoms with E-state index in [9.17, 15) is 14.4 Å². The summed E-state index contributed by atoms with van der Waals surface area (Å²) < 4.78 is 7.97. The average Bonchev–Trinajstić information content (AvgIpc) is 3.15. The topological polar surface area (TPSA) is 89.4 Å². The Morgan fingerprint density at radius 3 is 2.23 bits per heavy atom. The molecular formula is C27H32IN3O4. The predicted molar refractivity (Wildman–Crippen MR) is 146 cm³/mol. The number of hydrogen-bond donors (Lipinski definition) is 2. The molecule has 0 fully saturated rings. The zero-order valence-electron chi connectivity index (χ0n) is 20.4. The molecule has 2 N–H and O–H groups in total. The van der Waals surface area contributed by atoms with Crippen LogP contribution in [0.2, 0.25) is 0 Å². The highest BCUT2D eigenvalue weighted by atomic mass is 127. The third kappa shape index (κ3) is 6.62. The van der Waals surface area contributed by atoms with Gasteiger partial charge in [-0.3, -0.25) is 19.0 Å². The minimum atomic E-state index is -0.126. The van der Waals surface area contributed by atoms with E-state index >= 15 is 0 Å². The van der Waals surface area contributed by atoms with E-state index in [2.05, 4.69) is 33.2 Å². The Morgan fingerprint density at radius 1 is 0.971 bits per heavy atom. The molecule has 2 aromatic carbocycles. The van der Waals surface area contributed by atoms with Gasteiger partial charge in [0.25, 0.3) is 5.91 Å². The Labute approximate surface area is 219 Å². The lowest BCUT2D eigenvalue weighted by Gasteiger charge is -2.09. The van der Waals surface area contributed by atoms with Crippen molar-refractivity contribution in [2.45, 2.75) is 44.0 Å². The van der Waals surface area contributed by atoms with Crippen LogP contribution in [0, 0.1) is 6.92 Å². The van der Waals surface area contributed by atoms with Gasteiger partial charge in [0.2, 0.25) is 11.8 Å². The highest BCUT2D eigenvalue weighted by Crippen LogP contribution is 2.30. The molecule has 3 aromatic rings. The number of halogens is 1. The first-order valence-corrected chi connectivity index (χ1v) is 13.3. The van der Waals surface area contributed by atoms with Crippen LogP contribution in [0.25, 0.3) is 10.9 Å². The van der Waals surface area contributed by atoms with Gasteiger partial charge in [0.1, 0.15) is 5.75 Å². The summed E-state index contributed by atoms with van der Waals surface area (Å²) in [5, 5.41) is 6.62. The Kier molecular flexibility index (Phi) is 9.71. The second kappa shape index (κ2) is 12.7. The van der Waals surface area contributed by atoms with Crippen molar-refractivity contribution < 1.29 is 19.1 Å². The van der Waals surface area contributed by atoms with Crippen molar-refractivity contribution in [2.24, 2.45) is 0 Å². The van der Waals surface area contributed by atoms with Crippen LogP contribution in [-0.2, 0) is 20.4 Å². The number of nitrogens with zero attached hydrogens (tertiary/aromatic N) is 1. The number of unbranched alkanes of at least 4 members (excludes halogenated alkanes) is 1. The fourth-order valence-electron chi connectivity index (χ4n) is 3.99. The third-order valence-corrected chi connectivity index (χ3v) is 6.89. The molecule has 35 heavy (non-hydrogen) atoms. The Hall–Kier alpha value is -2.88. The quantitative estimate of drug-likeness (QED) is 0.195.